The molecule has 0 fully saturated rings. The van der Waals surface area contributed by atoms with Gasteiger partial charge in [-0.25, -0.2) is 0 Å². The third kappa shape index (κ3) is 3.89. The fraction of sp³-hybridized carbons (Fsp3) is 0.412. The van der Waals surface area contributed by atoms with Gasteiger partial charge in [0.15, 0.2) is 5.76 Å². The van der Waals surface area contributed by atoms with E-state index in [0.717, 1.165) is 36.3 Å². The molecule has 2 aromatic rings. The van der Waals surface area contributed by atoms with Gasteiger partial charge in [-0.1, -0.05) is 17.4 Å². The number of nitrogens with one attached hydrogen (secondary N) is 2. The Hall–Kier alpha value is -1.92. The standard InChI is InChI=1S/C17H21N3O2S/c1-11(23)18-9-15(21)10-19-14-5-6-16-12(7-14)3-2-4-13-8-20-22-17(13)16/h5-8,15,19,21H,2-4,9-10H2,1H3,(H,18,23)/t15-/m0/s1. The van der Waals surface area contributed by atoms with Crippen molar-refractivity contribution in [3.05, 3.63) is 35.5 Å². The van der Waals surface area contributed by atoms with E-state index < -0.39 is 6.10 Å². The minimum atomic E-state index is -0.493. The van der Waals surface area contributed by atoms with Gasteiger partial charge in [-0.05, 0) is 49.9 Å². The van der Waals surface area contributed by atoms with Crippen molar-refractivity contribution in [3.63, 3.8) is 0 Å². The summed E-state index contributed by atoms with van der Waals surface area (Å²) >= 11 is 4.94. The van der Waals surface area contributed by atoms with Crippen LogP contribution in [0.4, 0.5) is 5.69 Å². The number of thiocarbonyl (C=S) groups is 1. The average Bonchev–Trinajstić information content (AvgIpc) is 2.92. The highest BCUT2D eigenvalue weighted by atomic mass is 32.1. The van der Waals surface area contributed by atoms with Crippen LogP contribution in [0.5, 0.6) is 0 Å². The summed E-state index contributed by atoms with van der Waals surface area (Å²) in [5.41, 5.74) is 4.57. The van der Waals surface area contributed by atoms with E-state index in [0.29, 0.717) is 18.1 Å². The number of hydrogen-bond donors (Lipinski definition) is 3. The van der Waals surface area contributed by atoms with Crippen LogP contribution < -0.4 is 10.6 Å². The van der Waals surface area contributed by atoms with Crippen LogP contribution in [-0.2, 0) is 12.8 Å². The van der Waals surface area contributed by atoms with E-state index in [9.17, 15) is 5.11 Å². The van der Waals surface area contributed by atoms with Crippen molar-refractivity contribution in [2.45, 2.75) is 32.3 Å². The van der Waals surface area contributed by atoms with Gasteiger partial charge in [-0.3, -0.25) is 0 Å². The third-order valence-corrected chi connectivity index (χ3v) is 4.16. The number of aryl methyl sites for hydroxylation is 2. The fourth-order valence-corrected chi connectivity index (χ4v) is 2.91. The number of aliphatic hydroxyl groups is 1. The van der Waals surface area contributed by atoms with Crippen LogP contribution in [-0.4, -0.2) is 34.4 Å². The predicted octanol–water partition coefficient (Wildman–Crippen LogP) is 2.54. The highest BCUT2D eigenvalue weighted by molar-refractivity contribution is 7.80. The maximum absolute atomic E-state index is 9.94. The SMILES string of the molecule is CC(=S)NC[C@H](O)CNc1ccc2c(c1)CCCc1cnoc1-2. The molecule has 1 atom stereocenters. The predicted molar refractivity (Wildman–Crippen MR) is 94.7 cm³/mol. The summed E-state index contributed by atoms with van der Waals surface area (Å²) in [6.45, 7) is 2.73. The van der Waals surface area contributed by atoms with E-state index in [1.807, 2.05) is 12.3 Å². The lowest BCUT2D eigenvalue weighted by Crippen LogP contribution is -2.33. The van der Waals surface area contributed by atoms with E-state index in [1.54, 1.807) is 6.92 Å². The summed E-state index contributed by atoms with van der Waals surface area (Å²) in [7, 11) is 0. The van der Waals surface area contributed by atoms with Crippen molar-refractivity contribution in [1.29, 1.82) is 0 Å². The Morgan fingerprint density at radius 1 is 1.35 bits per heavy atom. The molecule has 6 heteroatoms. The summed E-state index contributed by atoms with van der Waals surface area (Å²) < 4.78 is 5.42. The number of fused-ring (bicyclic) bond motifs is 3. The second-order valence-electron chi connectivity index (χ2n) is 5.88. The molecule has 3 N–H and O–H groups in total. The van der Waals surface area contributed by atoms with E-state index in [1.165, 1.54) is 11.1 Å². The quantitative estimate of drug-likeness (QED) is 0.732. The van der Waals surface area contributed by atoms with E-state index >= 15 is 0 Å². The summed E-state index contributed by atoms with van der Waals surface area (Å²) in [6.07, 6.45) is 4.43. The molecule has 0 unspecified atom stereocenters. The molecule has 3 rings (SSSR count). The normalized spacial score (nSPS) is 14.3. The van der Waals surface area contributed by atoms with Gasteiger partial charge >= 0.3 is 0 Å². The molecule has 1 aromatic heterocycles. The molecule has 0 bridgehead atoms. The van der Waals surface area contributed by atoms with Gasteiger partial charge in [0.2, 0.25) is 0 Å². The second-order valence-corrected chi connectivity index (χ2v) is 6.49. The Balaban J connectivity index is 1.67. The Morgan fingerprint density at radius 3 is 3.00 bits per heavy atom. The fourth-order valence-electron chi connectivity index (χ4n) is 2.83. The largest absolute Gasteiger partial charge is 0.389 e. The van der Waals surface area contributed by atoms with Crippen LogP contribution in [0.15, 0.2) is 28.9 Å². The van der Waals surface area contributed by atoms with Gasteiger partial charge in [-0.15, -0.1) is 0 Å². The van der Waals surface area contributed by atoms with Crippen LogP contribution in [0.1, 0.15) is 24.5 Å². The molecule has 1 aliphatic rings. The van der Waals surface area contributed by atoms with Crippen molar-refractivity contribution in [2.75, 3.05) is 18.4 Å². The summed E-state index contributed by atoms with van der Waals surface area (Å²) in [4.78, 5) is 0.692. The maximum Gasteiger partial charge on any atom is 0.170 e. The molecule has 0 aliphatic heterocycles. The first-order chi connectivity index (χ1) is 11.1. The Bertz CT molecular complexity index is 699. The van der Waals surface area contributed by atoms with E-state index in [-0.39, 0.29) is 0 Å². The summed E-state index contributed by atoms with van der Waals surface area (Å²) in [6, 6.07) is 6.22. The van der Waals surface area contributed by atoms with Gasteiger partial charge in [0, 0.05) is 29.9 Å². The molecule has 0 saturated carbocycles. The van der Waals surface area contributed by atoms with Crippen molar-refractivity contribution in [2.24, 2.45) is 0 Å². The first-order valence-corrected chi connectivity index (χ1v) is 8.27. The molecule has 1 aromatic carbocycles. The van der Waals surface area contributed by atoms with Crippen molar-refractivity contribution >= 4 is 22.9 Å². The molecule has 1 heterocycles. The smallest absolute Gasteiger partial charge is 0.170 e. The zero-order chi connectivity index (χ0) is 16.2. The lowest BCUT2D eigenvalue weighted by atomic mass is 10.0. The van der Waals surface area contributed by atoms with Gasteiger partial charge in [0.05, 0.1) is 17.3 Å². The molecule has 0 spiro atoms. The topological polar surface area (TPSA) is 70.3 Å². The zero-order valence-corrected chi connectivity index (χ0v) is 13.9. The number of hydrogen-bond acceptors (Lipinski definition) is 5. The average molecular weight is 331 g/mol. The first kappa shape index (κ1) is 16.0. The minimum absolute atomic E-state index is 0.453. The molecule has 0 saturated heterocycles. The number of aliphatic hydroxyl groups excluding tert-OH is 1. The monoisotopic (exact) mass is 331 g/mol. The zero-order valence-electron chi connectivity index (χ0n) is 13.1. The molecule has 0 amide bonds. The number of anilines is 1. The van der Waals surface area contributed by atoms with Crippen LogP contribution in [0.25, 0.3) is 11.3 Å². The van der Waals surface area contributed by atoms with Gasteiger partial charge in [-0.2, -0.15) is 0 Å². The Labute approximate surface area is 141 Å². The minimum Gasteiger partial charge on any atom is -0.389 e. The molecule has 1 aliphatic carbocycles. The lowest BCUT2D eigenvalue weighted by molar-refractivity contribution is 0.191. The molecule has 23 heavy (non-hydrogen) atoms. The van der Waals surface area contributed by atoms with Crippen molar-refractivity contribution in [1.82, 2.24) is 10.5 Å². The summed E-state index contributed by atoms with van der Waals surface area (Å²) in [5, 5.41) is 20.1. The van der Waals surface area contributed by atoms with Crippen LogP contribution >= 0.6 is 12.2 Å². The second kappa shape index (κ2) is 7.10. The Kier molecular flexibility index (Phi) is 4.93. The van der Waals surface area contributed by atoms with Crippen LogP contribution in [0.3, 0.4) is 0 Å². The van der Waals surface area contributed by atoms with E-state index in [4.69, 9.17) is 16.7 Å². The van der Waals surface area contributed by atoms with Gasteiger partial charge in [0.25, 0.3) is 0 Å². The summed E-state index contributed by atoms with van der Waals surface area (Å²) in [5.74, 6) is 0.893. The molecular formula is C17H21N3O2S. The molecule has 0 radical (unpaired) electrons. The lowest BCUT2D eigenvalue weighted by Gasteiger charge is -2.15. The third-order valence-electron chi connectivity index (χ3n) is 4.01. The van der Waals surface area contributed by atoms with Crippen LogP contribution in [0, 0.1) is 0 Å². The first-order valence-electron chi connectivity index (χ1n) is 7.86. The highest BCUT2D eigenvalue weighted by Crippen LogP contribution is 2.33. The maximum atomic E-state index is 9.94. The molecular weight excluding hydrogens is 310 g/mol. The van der Waals surface area contributed by atoms with Crippen LogP contribution in [0.2, 0.25) is 0 Å². The number of nitrogens with zero attached hydrogens (tertiary/aromatic N) is 1. The number of benzene rings is 1. The van der Waals surface area contributed by atoms with E-state index in [2.05, 4.69) is 27.9 Å². The molecule has 122 valence electrons. The molecule has 5 nitrogen and oxygen atoms in total. The van der Waals surface area contributed by atoms with Gasteiger partial charge < -0.3 is 20.3 Å². The highest BCUT2D eigenvalue weighted by Gasteiger charge is 2.18. The number of rotatable bonds is 5. The van der Waals surface area contributed by atoms with Gasteiger partial charge in [0.1, 0.15) is 0 Å². The van der Waals surface area contributed by atoms with Crippen molar-refractivity contribution in [3.8, 4) is 11.3 Å². The van der Waals surface area contributed by atoms with Crippen molar-refractivity contribution < 1.29 is 9.63 Å². The number of aromatic nitrogens is 1. The Morgan fingerprint density at radius 2 is 2.17 bits per heavy atom.